The molecule has 10 nitrogen and oxygen atoms in total. The number of nitriles is 2. The van der Waals surface area contributed by atoms with Gasteiger partial charge in [0.05, 0.1) is 26.4 Å². The van der Waals surface area contributed by atoms with Gasteiger partial charge in [-0.1, -0.05) is 41.5 Å². The third kappa shape index (κ3) is 5.85. The predicted octanol–water partition coefficient (Wildman–Crippen LogP) is 8.57. The van der Waals surface area contributed by atoms with Gasteiger partial charge in [-0.15, -0.1) is 0 Å². The van der Waals surface area contributed by atoms with E-state index < -0.39 is 11.0 Å². The Bertz CT molecular complexity index is 2270. The molecule has 0 aromatic heterocycles. The van der Waals surface area contributed by atoms with Crippen molar-refractivity contribution in [3.8, 4) is 46.6 Å². The van der Waals surface area contributed by atoms with E-state index in [9.17, 15) is 15.6 Å². The van der Waals surface area contributed by atoms with Gasteiger partial charge in [0.15, 0.2) is 34.5 Å². The number of phenolic OH excluding ortho intramolecular Hbond substituents is 1. The van der Waals surface area contributed by atoms with Crippen LogP contribution in [0.2, 0.25) is 0 Å². The van der Waals surface area contributed by atoms with Crippen molar-refractivity contribution in [2.45, 2.75) is 122 Å². The first-order valence-corrected chi connectivity index (χ1v) is 20.9. The van der Waals surface area contributed by atoms with Crippen molar-refractivity contribution in [2.75, 3.05) is 52.6 Å². The molecule has 0 radical (unpaired) electrons. The summed E-state index contributed by atoms with van der Waals surface area (Å²) < 4.78 is 32.2. The van der Waals surface area contributed by atoms with Crippen molar-refractivity contribution in [3.63, 3.8) is 0 Å². The lowest BCUT2D eigenvalue weighted by Gasteiger charge is -2.38. The average Bonchev–Trinajstić information content (AvgIpc) is 3.53. The summed E-state index contributed by atoms with van der Waals surface area (Å²) in [6, 6.07) is 9.16. The number of fused-ring (bicyclic) bond motifs is 7. The van der Waals surface area contributed by atoms with Crippen LogP contribution in [0.15, 0.2) is 12.1 Å². The SMILES string of the molecule is CCC(C)(C)Oc1cc2c(c(CN3CCOCC3)c1O)C1(CC2(C)C)CC(C)(C)c2cc3c(c(CN4CCOCC4)c21)Oc1c(C#N)c2c(c(C#N)c1O3)C(C)C2. The minimum atomic E-state index is -0.485. The summed E-state index contributed by atoms with van der Waals surface area (Å²) in [7, 11) is 0. The molecule has 2 saturated heterocycles. The molecular formula is C47H56N4O6. The van der Waals surface area contributed by atoms with Crippen molar-refractivity contribution in [3.05, 3.63) is 67.8 Å². The highest BCUT2D eigenvalue weighted by Gasteiger charge is 2.60. The molecule has 0 amide bonds. The summed E-state index contributed by atoms with van der Waals surface area (Å²) in [6.07, 6.45) is 3.18. The number of morpholine rings is 2. The van der Waals surface area contributed by atoms with Gasteiger partial charge >= 0.3 is 0 Å². The fourth-order valence-corrected chi connectivity index (χ4v) is 11.1. The van der Waals surface area contributed by atoms with E-state index in [1.165, 1.54) is 22.3 Å². The average molecular weight is 773 g/mol. The van der Waals surface area contributed by atoms with Gasteiger partial charge in [-0.25, -0.2) is 0 Å². The summed E-state index contributed by atoms with van der Waals surface area (Å²) in [4.78, 5) is 4.83. The molecule has 3 aromatic rings. The predicted molar refractivity (Wildman–Crippen MR) is 216 cm³/mol. The number of rotatable bonds is 7. The van der Waals surface area contributed by atoms with Crippen LogP contribution >= 0.6 is 0 Å². The molecule has 10 heteroatoms. The van der Waals surface area contributed by atoms with E-state index in [4.69, 9.17) is 23.7 Å². The molecule has 1 spiro atoms. The number of ether oxygens (including phenoxy) is 5. The first kappa shape index (κ1) is 38.2. The molecule has 6 aliphatic rings. The molecule has 3 heterocycles. The summed E-state index contributed by atoms with van der Waals surface area (Å²) in [5.41, 5.74) is 8.04. The van der Waals surface area contributed by atoms with Gasteiger partial charge in [0.25, 0.3) is 0 Å². The smallest absolute Gasteiger partial charge is 0.189 e. The fraction of sp³-hybridized carbons (Fsp3) is 0.574. The van der Waals surface area contributed by atoms with E-state index in [-0.39, 0.29) is 22.5 Å². The van der Waals surface area contributed by atoms with Gasteiger partial charge in [0, 0.05) is 55.8 Å². The van der Waals surface area contributed by atoms with Crippen LogP contribution in [-0.4, -0.2) is 73.1 Å². The Labute approximate surface area is 337 Å². The second-order valence-electron chi connectivity index (χ2n) is 19.3. The van der Waals surface area contributed by atoms with Crippen molar-refractivity contribution in [2.24, 2.45) is 0 Å². The third-order valence-corrected chi connectivity index (χ3v) is 14.0. The number of hydrogen-bond acceptors (Lipinski definition) is 10. The topological polar surface area (TPSA) is 120 Å². The highest BCUT2D eigenvalue weighted by Crippen LogP contribution is 2.68. The molecule has 3 aliphatic heterocycles. The maximum atomic E-state index is 12.5. The molecule has 2 unspecified atom stereocenters. The molecule has 2 fully saturated rings. The molecule has 0 bridgehead atoms. The molecule has 300 valence electrons. The zero-order valence-electron chi connectivity index (χ0n) is 34.9. The Morgan fingerprint density at radius 1 is 0.807 bits per heavy atom. The largest absolute Gasteiger partial charge is 0.504 e. The van der Waals surface area contributed by atoms with E-state index in [2.05, 4.69) is 89.5 Å². The highest BCUT2D eigenvalue weighted by molar-refractivity contribution is 5.77. The van der Waals surface area contributed by atoms with Crippen molar-refractivity contribution >= 4 is 0 Å². The van der Waals surface area contributed by atoms with Crippen molar-refractivity contribution in [1.29, 1.82) is 10.5 Å². The molecule has 1 N–H and O–H groups in total. The number of phenols is 1. The van der Waals surface area contributed by atoms with E-state index >= 15 is 0 Å². The fourth-order valence-electron chi connectivity index (χ4n) is 11.1. The van der Waals surface area contributed by atoms with E-state index in [1.807, 2.05) is 0 Å². The van der Waals surface area contributed by atoms with Gasteiger partial charge in [-0.05, 0) is 102 Å². The highest BCUT2D eigenvalue weighted by atomic mass is 16.6. The Hall–Kier alpha value is -4.32. The third-order valence-electron chi connectivity index (χ3n) is 14.0. The van der Waals surface area contributed by atoms with Crippen LogP contribution in [0.25, 0.3) is 0 Å². The summed E-state index contributed by atoms with van der Waals surface area (Å²) in [5, 5.41) is 33.6. The molecule has 2 atom stereocenters. The van der Waals surface area contributed by atoms with Gasteiger partial charge in [-0.3, -0.25) is 9.80 Å². The maximum absolute atomic E-state index is 12.5. The molecular weight excluding hydrogens is 717 g/mol. The molecule has 0 saturated carbocycles. The summed E-state index contributed by atoms with van der Waals surface area (Å²) in [5.74, 6) is 2.83. The molecule has 3 aliphatic carbocycles. The zero-order valence-corrected chi connectivity index (χ0v) is 34.9. The van der Waals surface area contributed by atoms with Crippen LogP contribution in [0, 0.1) is 22.7 Å². The van der Waals surface area contributed by atoms with E-state index in [0.29, 0.717) is 79.4 Å². The van der Waals surface area contributed by atoms with Crippen LogP contribution in [0.3, 0.4) is 0 Å². The first-order valence-electron chi connectivity index (χ1n) is 20.9. The lowest BCUT2D eigenvalue weighted by atomic mass is 9.70. The Morgan fingerprint density at radius 2 is 1.35 bits per heavy atom. The van der Waals surface area contributed by atoms with Crippen molar-refractivity contribution in [1.82, 2.24) is 9.80 Å². The van der Waals surface area contributed by atoms with Crippen LogP contribution in [0.4, 0.5) is 0 Å². The minimum absolute atomic E-state index is 0.167. The number of aromatic hydroxyl groups is 1. The van der Waals surface area contributed by atoms with E-state index in [1.54, 1.807) is 0 Å². The minimum Gasteiger partial charge on any atom is -0.504 e. The van der Waals surface area contributed by atoms with Crippen molar-refractivity contribution < 1.29 is 28.8 Å². The van der Waals surface area contributed by atoms with Crippen LogP contribution in [0.1, 0.15) is 136 Å². The Kier molecular flexibility index (Phi) is 8.96. The lowest BCUT2D eigenvalue weighted by Crippen LogP contribution is -2.38. The van der Waals surface area contributed by atoms with Gasteiger partial charge in [0.1, 0.15) is 28.9 Å². The number of nitrogens with zero attached hydrogens (tertiary/aromatic N) is 4. The zero-order chi connectivity index (χ0) is 40.2. The molecule has 3 aromatic carbocycles. The second kappa shape index (κ2) is 13.4. The molecule has 9 rings (SSSR count). The van der Waals surface area contributed by atoms with E-state index in [0.717, 1.165) is 74.1 Å². The second-order valence-corrected chi connectivity index (χ2v) is 19.3. The summed E-state index contributed by atoms with van der Waals surface area (Å²) in [6.45, 7) is 24.6. The monoisotopic (exact) mass is 772 g/mol. The standard InChI is InChI=1S/C47H56N4O6/c1-9-46(7,8)57-35-19-33-38(31(40(35)52)23-50-10-14-53-15-11-50)47(25-44(33,3)4)26-45(5,6)34-20-36-41(32(39(34)47)24-51-12-16-54-17-13-51)56-42-29(21-48)28-18-27(2)37(28)30(22-49)43(42)55-36/h19-20,27,52H,9-18,23-26H2,1-8H3. The van der Waals surface area contributed by atoms with Gasteiger partial charge in [-0.2, -0.15) is 10.5 Å². The Morgan fingerprint density at radius 3 is 1.91 bits per heavy atom. The number of benzene rings is 3. The summed E-state index contributed by atoms with van der Waals surface area (Å²) >= 11 is 0. The van der Waals surface area contributed by atoms with Crippen LogP contribution in [-0.2, 0) is 45.2 Å². The lowest BCUT2D eigenvalue weighted by molar-refractivity contribution is 0.0333. The van der Waals surface area contributed by atoms with Gasteiger partial charge < -0.3 is 28.8 Å². The van der Waals surface area contributed by atoms with Gasteiger partial charge in [0.2, 0.25) is 0 Å². The quantitative estimate of drug-likeness (QED) is 0.196. The molecule has 57 heavy (non-hydrogen) atoms. The first-order chi connectivity index (χ1) is 27.1. The van der Waals surface area contributed by atoms with Crippen LogP contribution in [0.5, 0.6) is 34.5 Å². The Balaban J connectivity index is 1.31. The normalized spacial score (nSPS) is 24.1. The maximum Gasteiger partial charge on any atom is 0.189 e. The number of hydrogen-bond donors (Lipinski definition) is 1. The van der Waals surface area contributed by atoms with Crippen LogP contribution < -0.4 is 14.2 Å².